The minimum atomic E-state index is -1.15. The van der Waals surface area contributed by atoms with Crippen LogP contribution < -0.4 is 5.32 Å². The minimum absolute atomic E-state index is 0.587. The Labute approximate surface area is 68.8 Å². The van der Waals surface area contributed by atoms with Crippen LogP contribution in [0.3, 0.4) is 0 Å². The van der Waals surface area contributed by atoms with Gasteiger partial charge in [-0.15, -0.1) is 0 Å². The highest BCUT2D eigenvalue weighted by Gasteiger charge is 2.17. The van der Waals surface area contributed by atoms with E-state index in [0.29, 0.717) is 6.61 Å². The molecule has 0 heterocycles. The highest BCUT2D eigenvalue weighted by atomic mass is 16.6. The average molecular weight is 161 g/mol. The molecule has 11 heavy (non-hydrogen) atoms. The summed E-state index contributed by atoms with van der Waals surface area (Å²) in [5, 5.41) is 12.3. The van der Waals surface area contributed by atoms with Crippen LogP contribution in [0.1, 0.15) is 33.6 Å². The first-order valence-electron chi connectivity index (χ1n) is 4.23. The third kappa shape index (κ3) is 6.28. The molecule has 2 N–H and O–H groups in total. The molecule has 0 aliphatic carbocycles. The maximum absolute atomic E-state index is 9.44. The van der Waals surface area contributed by atoms with Crippen molar-refractivity contribution in [3.8, 4) is 0 Å². The topological polar surface area (TPSA) is 41.5 Å². The summed E-state index contributed by atoms with van der Waals surface area (Å²) in [6, 6.07) is 0. The van der Waals surface area contributed by atoms with Crippen molar-refractivity contribution in [2.75, 3.05) is 13.2 Å². The molecule has 0 fully saturated rings. The van der Waals surface area contributed by atoms with Gasteiger partial charge in [-0.1, -0.05) is 13.8 Å². The van der Waals surface area contributed by atoms with Crippen molar-refractivity contribution >= 4 is 0 Å². The molecule has 0 spiro atoms. The van der Waals surface area contributed by atoms with Gasteiger partial charge in [0.25, 0.3) is 0 Å². The van der Waals surface area contributed by atoms with Crippen molar-refractivity contribution in [1.82, 2.24) is 5.32 Å². The Bertz CT molecular complexity index is 84.1. The van der Waals surface area contributed by atoms with E-state index in [1.54, 1.807) is 6.92 Å². The number of ether oxygens (including phenoxy) is 1. The van der Waals surface area contributed by atoms with Gasteiger partial charge in [0.2, 0.25) is 5.91 Å². The number of nitrogens with one attached hydrogen (secondary N) is 1. The molecule has 0 saturated carbocycles. The molecule has 0 aromatic rings. The van der Waals surface area contributed by atoms with Crippen LogP contribution in [0.15, 0.2) is 0 Å². The lowest BCUT2D eigenvalue weighted by Gasteiger charge is -2.24. The number of hydrogen-bond acceptors (Lipinski definition) is 3. The van der Waals surface area contributed by atoms with E-state index < -0.39 is 5.91 Å². The van der Waals surface area contributed by atoms with Crippen LogP contribution in [0.5, 0.6) is 0 Å². The van der Waals surface area contributed by atoms with Gasteiger partial charge in [0.15, 0.2) is 0 Å². The molecule has 0 rings (SSSR count). The molecule has 0 amide bonds. The first-order valence-corrected chi connectivity index (χ1v) is 4.23. The van der Waals surface area contributed by atoms with E-state index in [0.717, 1.165) is 19.4 Å². The second-order valence-electron chi connectivity index (χ2n) is 2.76. The number of rotatable bonds is 6. The second kappa shape index (κ2) is 5.52. The van der Waals surface area contributed by atoms with Crippen LogP contribution in [0.25, 0.3) is 0 Å². The van der Waals surface area contributed by atoms with Gasteiger partial charge in [-0.2, -0.15) is 0 Å². The van der Waals surface area contributed by atoms with Crippen LogP contribution >= 0.6 is 0 Å². The highest BCUT2D eigenvalue weighted by molar-refractivity contribution is 4.55. The van der Waals surface area contributed by atoms with Crippen molar-refractivity contribution < 1.29 is 9.84 Å². The molecule has 3 nitrogen and oxygen atoms in total. The van der Waals surface area contributed by atoms with Gasteiger partial charge >= 0.3 is 0 Å². The van der Waals surface area contributed by atoms with E-state index in [4.69, 9.17) is 4.74 Å². The van der Waals surface area contributed by atoms with E-state index in [2.05, 4.69) is 5.32 Å². The lowest BCUT2D eigenvalue weighted by Crippen LogP contribution is -2.45. The summed E-state index contributed by atoms with van der Waals surface area (Å²) in [7, 11) is 0. The summed E-state index contributed by atoms with van der Waals surface area (Å²) in [5.41, 5.74) is 0. The largest absolute Gasteiger partial charge is 0.353 e. The van der Waals surface area contributed by atoms with Crippen LogP contribution in [0.4, 0.5) is 0 Å². The monoisotopic (exact) mass is 161 g/mol. The molecule has 0 bridgehead atoms. The lowest BCUT2D eigenvalue weighted by atomic mass is 10.4. The fourth-order valence-electron chi connectivity index (χ4n) is 0.709. The number of hydrogen-bond donors (Lipinski definition) is 2. The summed E-state index contributed by atoms with van der Waals surface area (Å²) < 4.78 is 5.13. The van der Waals surface area contributed by atoms with Crippen molar-refractivity contribution in [3.63, 3.8) is 0 Å². The standard InChI is InChI=1S/C8H19NO2/c1-4-6-9-8(3,10)11-7-5-2/h9-10H,4-7H2,1-3H3. The van der Waals surface area contributed by atoms with Gasteiger partial charge in [0.05, 0.1) is 6.61 Å². The molecular formula is C8H19NO2. The smallest absolute Gasteiger partial charge is 0.221 e. The van der Waals surface area contributed by atoms with Gasteiger partial charge in [-0.3, -0.25) is 5.32 Å². The second-order valence-corrected chi connectivity index (χ2v) is 2.76. The Balaban J connectivity index is 3.43. The van der Waals surface area contributed by atoms with E-state index in [-0.39, 0.29) is 0 Å². The zero-order chi connectivity index (χ0) is 8.74. The minimum Gasteiger partial charge on any atom is -0.353 e. The summed E-state index contributed by atoms with van der Waals surface area (Å²) in [4.78, 5) is 0. The Hall–Kier alpha value is -0.120. The molecule has 0 radical (unpaired) electrons. The van der Waals surface area contributed by atoms with Crippen molar-refractivity contribution in [2.45, 2.75) is 39.5 Å². The Kier molecular flexibility index (Phi) is 5.46. The Morgan fingerprint density at radius 3 is 2.45 bits per heavy atom. The van der Waals surface area contributed by atoms with E-state index >= 15 is 0 Å². The molecule has 1 unspecified atom stereocenters. The normalized spacial score (nSPS) is 16.4. The fourth-order valence-corrected chi connectivity index (χ4v) is 0.709. The molecule has 0 saturated heterocycles. The summed E-state index contributed by atoms with van der Waals surface area (Å²) in [6.45, 7) is 7.04. The molecule has 0 aromatic heterocycles. The zero-order valence-corrected chi connectivity index (χ0v) is 7.68. The summed E-state index contributed by atoms with van der Waals surface area (Å²) in [5.74, 6) is -1.15. The van der Waals surface area contributed by atoms with Gasteiger partial charge in [0.1, 0.15) is 0 Å². The maximum atomic E-state index is 9.44. The lowest BCUT2D eigenvalue weighted by molar-refractivity contribution is -0.211. The van der Waals surface area contributed by atoms with Gasteiger partial charge in [-0.05, 0) is 19.4 Å². The van der Waals surface area contributed by atoms with Gasteiger partial charge in [0, 0.05) is 6.92 Å². The Morgan fingerprint density at radius 2 is 2.00 bits per heavy atom. The van der Waals surface area contributed by atoms with E-state index in [9.17, 15) is 5.11 Å². The highest BCUT2D eigenvalue weighted by Crippen LogP contribution is 2.00. The SMILES string of the molecule is CCCNC(C)(O)OCCC. The average Bonchev–Trinajstić information content (AvgIpc) is 1.97. The van der Waals surface area contributed by atoms with Gasteiger partial charge < -0.3 is 9.84 Å². The Morgan fingerprint density at radius 1 is 1.36 bits per heavy atom. The quantitative estimate of drug-likeness (QED) is 0.573. The fraction of sp³-hybridized carbons (Fsp3) is 1.00. The third-order valence-electron chi connectivity index (χ3n) is 1.29. The van der Waals surface area contributed by atoms with E-state index in [1.807, 2.05) is 13.8 Å². The molecule has 1 atom stereocenters. The molecule has 0 aliphatic heterocycles. The van der Waals surface area contributed by atoms with Gasteiger partial charge in [-0.25, -0.2) is 0 Å². The predicted molar refractivity (Wildman–Crippen MR) is 45.2 cm³/mol. The first-order chi connectivity index (χ1) is 5.12. The summed E-state index contributed by atoms with van der Waals surface area (Å²) in [6.07, 6.45) is 1.91. The number of aliphatic hydroxyl groups is 1. The molecule has 3 heteroatoms. The first kappa shape index (κ1) is 10.9. The third-order valence-corrected chi connectivity index (χ3v) is 1.29. The van der Waals surface area contributed by atoms with Crippen molar-refractivity contribution in [2.24, 2.45) is 0 Å². The molecular weight excluding hydrogens is 142 g/mol. The zero-order valence-electron chi connectivity index (χ0n) is 7.68. The predicted octanol–water partition coefficient (Wildman–Crippen LogP) is 1.08. The molecule has 0 aromatic carbocycles. The summed E-state index contributed by atoms with van der Waals surface area (Å²) >= 11 is 0. The van der Waals surface area contributed by atoms with Crippen molar-refractivity contribution in [3.05, 3.63) is 0 Å². The molecule has 68 valence electrons. The van der Waals surface area contributed by atoms with Crippen LogP contribution in [0, 0.1) is 0 Å². The molecule has 0 aliphatic rings. The van der Waals surface area contributed by atoms with E-state index in [1.165, 1.54) is 0 Å². The van der Waals surface area contributed by atoms with Crippen molar-refractivity contribution in [1.29, 1.82) is 0 Å². The maximum Gasteiger partial charge on any atom is 0.221 e. The van der Waals surface area contributed by atoms with Crippen LogP contribution in [-0.2, 0) is 4.74 Å². The van der Waals surface area contributed by atoms with Crippen LogP contribution in [-0.4, -0.2) is 24.2 Å². The van der Waals surface area contributed by atoms with Crippen LogP contribution in [0.2, 0.25) is 0 Å².